The van der Waals surface area contributed by atoms with E-state index in [0.29, 0.717) is 5.82 Å². The zero-order valence-corrected chi connectivity index (χ0v) is 18.2. The van der Waals surface area contributed by atoms with E-state index in [9.17, 15) is 18.0 Å². The third kappa shape index (κ3) is 6.24. The van der Waals surface area contributed by atoms with Gasteiger partial charge in [-0.05, 0) is 31.2 Å². The topological polar surface area (TPSA) is 106 Å². The smallest absolute Gasteiger partial charge is 0.368 e. The number of para-hydroxylation sites is 2. The van der Waals surface area contributed by atoms with Gasteiger partial charge < -0.3 is 16.4 Å². The molecular formula is C20H18ClF3N6OS. The number of rotatable bonds is 7. The van der Waals surface area contributed by atoms with Gasteiger partial charge in [-0.3, -0.25) is 4.79 Å². The highest BCUT2D eigenvalue weighted by Gasteiger charge is 2.34. The van der Waals surface area contributed by atoms with Crippen molar-refractivity contribution in [2.75, 3.05) is 22.1 Å². The van der Waals surface area contributed by atoms with Gasteiger partial charge in [0.05, 0.1) is 27.3 Å². The lowest BCUT2D eigenvalue weighted by atomic mass is 10.1. The number of alkyl halides is 3. The molecule has 168 valence electrons. The van der Waals surface area contributed by atoms with Gasteiger partial charge in [0.25, 0.3) is 0 Å². The van der Waals surface area contributed by atoms with Gasteiger partial charge in [-0.1, -0.05) is 35.9 Å². The summed E-state index contributed by atoms with van der Waals surface area (Å²) in [5.74, 6) is -0.248. The first-order chi connectivity index (χ1) is 15.1. The number of amides is 1. The van der Waals surface area contributed by atoms with Crippen molar-refractivity contribution in [3.63, 3.8) is 0 Å². The van der Waals surface area contributed by atoms with Crippen LogP contribution < -0.4 is 16.4 Å². The molecule has 0 aliphatic heterocycles. The summed E-state index contributed by atoms with van der Waals surface area (Å²) in [6.45, 7) is 1.75. The monoisotopic (exact) mass is 482 g/mol. The van der Waals surface area contributed by atoms with Gasteiger partial charge in [0.2, 0.25) is 17.8 Å². The van der Waals surface area contributed by atoms with Gasteiger partial charge in [-0.25, -0.2) is 0 Å². The van der Waals surface area contributed by atoms with Gasteiger partial charge in [0.15, 0.2) is 0 Å². The molecule has 0 aliphatic rings. The highest BCUT2D eigenvalue weighted by molar-refractivity contribution is 8.00. The molecule has 0 saturated carbocycles. The molecule has 0 unspecified atom stereocenters. The van der Waals surface area contributed by atoms with Crippen LogP contribution in [-0.2, 0) is 11.0 Å². The van der Waals surface area contributed by atoms with Crippen molar-refractivity contribution in [3.8, 4) is 0 Å². The van der Waals surface area contributed by atoms with Crippen molar-refractivity contribution >= 4 is 52.5 Å². The van der Waals surface area contributed by atoms with Crippen LogP contribution in [0.4, 0.5) is 36.4 Å². The number of anilines is 4. The molecule has 0 radical (unpaired) electrons. The van der Waals surface area contributed by atoms with Crippen LogP contribution in [0.3, 0.4) is 0 Å². The number of carbonyl (C=O) groups excluding carboxylic acids is 1. The zero-order chi connectivity index (χ0) is 23.3. The standard InChI is InChI=1S/C20H18ClF3N6OS/c1-11(17-28-18(25)30-19(29-17)26-12-6-3-2-4-7-12)32-10-15(31)27-16-13(20(22,23)24)8-5-9-14(16)21/h2-9,11H,10H2,1H3,(H,27,31)(H3,25,26,28,29,30)/t11-/m0/s1. The first-order valence-corrected chi connectivity index (χ1v) is 10.7. The number of benzene rings is 2. The molecule has 12 heteroatoms. The Hall–Kier alpha value is -3.05. The number of nitrogens with one attached hydrogen (secondary N) is 2. The predicted octanol–water partition coefficient (Wildman–Crippen LogP) is 5.30. The van der Waals surface area contributed by atoms with Crippen LogP contribution in [0.15, 0.2) is 48.5 Å². The van der Waals surface area contributed by atoms with Gasteiger partial charge in [-0.2, -0.15) is 28.1 Å². The lowest BCUT2D eigenvalue weighted by Gasteiger charge is -2.16. The summed E-state index contributed by atoms with van der Waals surface area (Å²) in [7, 11) is 0. The minimum Gasteiger partial charge on any atom is -0.368 e. The van der Waals surface area contributed by atoms with Crippen molar-refractivity contribution < 1.29 is 18.0 Å². The molecule has 3 aromatic rings. The molecule has 0 aliphatic carbocycles. The summed E-state index contributed by atoms with van der Waals surface area (Å²) < 4.78 is 39.6. The Balaban J connectivity index is 1.66. The Bertz CT molecular complexity index is 1100. The second-order valence-corrected chi connectivity index (χ2v) is 8.26. The first kappa shape index (κ1) is 23.6. The van der Waals surface area contributed by atoms with Gasteiger partial charge in [0.1, 0.15) is 5.82 Å². The quantitative estimate of drug-likeness (QED) is 0.419. The normalized spacial score (nSPS) is 12.3. The summed E-state index contributed by atoms with van der Waals surface area (Å²) in [5.41, 5.74) is 5.04. The lowest BCUT2D eigenvalue weighted by molar-refractivity contribution is -0.137. The molecule has 32 heavy (non-hydrogen) atoms. The van der Waals surface area contributed by atoms with E-state index >= 15 is 0 Å². The maximum atomic E-state index is 13.2. The maximum Gasteiger partial charge on any atom is 0.418 e. The number of hydrogen-bond acceptors (Lipinski definition) is 7. The molecule has 0 fully saturated rings. The third-order valence-electron chi connectivity index (χ3n) is 4.11. The molecule has 0 saturated heterocycles. The lowest BCUT2D eigenvalue weighted by Crippen LogP contribution is -2.19. The Morgan fingerprint density at radius 3 is 2.53 bits per heavy atom. The van der Waals surface area contributed by atoms with Crippen molar-refractivity contribution in [2.24, 2.45) is 0 Å². The molecule has 3 rings (SSSR count). The average Bonchev–Trinajstić information content (AvgIpc) is 2.73. The molecule has 4 N–H and O–H groups in total. The minimum atomic E-state index is -4.65. The zero-order valence-electron chi connectivity index (χ0n) is 16.7. The number of thioether (sulfide) groups is 1. The van der Waals surface area contributed by atoms with E-state index in [1.165, 1.54) is 12.1 Å². The Labute approximate surface area is 191 Å². The maximum absolute atomic E-state index is 13.2. The van der Waals surface area contributed by atoms with E-state index in [0.717, 1.165) is 23.5 Å². The number of aromatic nitrogens is 3. The molecule has 1 aromatic heterocycles. The summed E-state index contributed by atoms with van der Waals surface area (Å²) >= 11 is 7.00. The van der Waals surface area contributed by atoms with E-state index in [-0.39, 0.29) is 22.7 Å². The first-order valence-electron chi connectivity index (χ1n) is 9.24. The van der Waals surface area contributed by atoms with Gasteiger partial charge in [0, 0.05) is 5.69 Å². The number of nitrogens with zero attached hydrogens (tertiary/aromatic N) is 3. The summed E-state index contributed by atoms with van der Waals surface area (Å²) in [5, 5.41) is 4.66. The van der Waals surface area contributed by atoms with Crippen LogP contribution in [0.5, 0.6) is 0 Å². The Morgan fingerprint density at radius 1 is 1.12 bits per heavy atom. The average molecular weight is 483 g/mol. The van der Waals surface area contributed by atoms with Crippen LogP contribution in [-0.4, -0.2) is 26.6 Å². The molecule has 2 aromatic carbocycles. The van der Waals surface area contributed by atoms with Crippen LogP contribution in [0, 0.1) is 0 Å². The molecule has 0 spiro atoms. The van der Waals surface area contributed by atoms with Crippen molar-refractivity contribution in [1.29, 1.82) is 0 Å². The number of halogens is 4. The van der Waals surface area contributed by atoms with Crippen LogP contribution in [0.1, 0.15) is 23.6 Å². The van der Waals surface area contributed by atoms with Crippen molar-refractivity contribution in [1.82, 2.24) is 15.0 Å². The number of hydrogen-bond donors (Lipinski definition) is 3. The number of carbonyl (C=O) groups is 1. The van der Waals surface area contributed by atoms with Gasteiger partial charge in [-0.15, -0.1) is 11.8 Å². The van der Waals surface area contributed by atoms with E-state index in [1.54, 1.807) is 6.92 Å². The second-order valence-electron chi connectivity index (χ2n) is 6.53. The largest absolute Gasteiger partial charge is 0.418 e. The van der Waals surface area contributed by atoms with E-state index < -0.39 is 28.6 Å². The van der Waals surface area contributed by atoms with E-state index in [2.05, 4.69) is 25.6 Å². The fraction of sp³-hybridized carbons (Fsp3) is 0.200. The van der Waals surface area contributed by atoms with Gasteiger partial charge >= 0.3 is 6.18 Å². The van der Waals surface area contributed by atoms with Crippen LogP contribution in [0.2, 0.25) is 5.02 Å². The van der Waals surface area contributed by atoms with Crippen molar-refractivity contribution in [3.05, 3.63) is 64.9 Å². The Kier molecular flexibility index (Phi) is 7.41. The molecule has 1 amide bonds. The van der Waals surface area contributed by atoms with Crippen LogP contribution >= 0.6 is 23.4 Å². The highest BCUT2D eigenvalue weighted by atomic mass is 35.5. The van der Waals surface area contributed by atoms with Crippen LogP contribution in [0.25, 0.3) is 0 Å². The fourth-order valence-corrected chi connectivity index (χ4v) is 3.59. The predicted molar refractivity (Wildman–Crippen MR) is 120 cm³/mol. The fourth-order valence-electron chi connectivity index (χ4n) is 2.64. The number of nitrogen functional groups attached to an aromatic ring is 1. The van der Waals surface area contributed by atoms with E-state index in [1.807, 2.05) is 30.3 Å². The molecule has 0 bridgehead atoms. The number of nitrogens with two attached hydrogens (primary N) is 1. The SMILES string of the molecule is C[C@H](SCC(=O)Nc1c(Cl)cccc1C(F)(F)F)c1nc(N)nc(Nc2ccccc2)n1. The van der Waals surface area contributed by atoms with Crippen molar-refractivity contribution in [2.45, 2.75) is 18.3 Å². The second kappa shape index (κ2) is 10.0. The van der Waals surface area contributed by atoms with E-state index in [4.69, 9.17) is 17.3 Å². The Morgan fingerprint density at radius 2 is 1.84 bits per heavy atom. The molecule has 1 atom stereocenters. The molecule has 7 nitrogen and oxygen atoms in total. The molecule has 1 heterocycles. The molecular weight excluding hydrogens is 465 g/mol. The third-order valence-corrected chi connectivity index (χ3v) is 5.57. The summed E-state index contributed by atoms with van der Waals surface area (Å²) in [4.78, 5) is 24.8. The summed E-state index contributed by atoms with van der Waals surface area (Å²) in [6.07, 6.45) is -4.65. The summed E-state index contributed by atoms with van der Waals surface area (Å²) in [6, 6.07) is 12.5. The highest BCUT2D eigenvalue weighted by Crippen LogP contribution is 2.38. The minimum absolute atomic E-state index is 0.00350.